The molecule has 7 heteroatoms. The Kier molecular flexibility index (Phi) is 6.57. The van der Waals surface area contributed by atoms with Gasteiger partial charge < -0.3 is 9.73 Å². The number of rotatable bonds is 7. The second-order valence-electron chi connectivity index (χ2n) is 7.49. The summed E-state index contributed by atoms with van der Waals surface area (Å²) in [6.07, 6.45) is 2.81. The third-order valence-corrected chi connectivity index (χ3v) is 7.18. The van der Waals surface area contributed by atoms with Gasteiger partial charge in [0.15, 0.2) is 0 Å². The smallest absolute Gasteiger partial charge is 0.243 e. The number of carbonyl (C=O) groups excluding carboxylic acids is 1. The molecule has 1 amide bonds. The topological polar surface area (TPSA) is 79.6 Å². The van der Waals surface area contributed by atoms with Crippen LogP contribution >= 0.6 is 0 Å². The van der Waals surface area contributed by atoms with E-state index in [0.29, 0.717) is 36.9 Å². The van der Waals surface area contributed by atoms with E-state index in [0.717, 1.165) is 36.3 Å². The van der Waals surface area contributed by atoms with Crippen LogP contribution in [0.15, 0.2) is 45.7 Å². The largest absolute Gasteiger partial charge is 0.465 e. The van der Waals surface area contributed by atoms with Gasteiger partial charge in [-0.05, 0) is 63.3 Å². The number of hydrogen-bond donors (Lipinski definition) is 1. The molecule has 0 bridgehead atoms. The van der Waals surface area contributed by atoms with Crippen molar-refractivity contribution in [3.05, 3.63) is 53.5 Å². The highest BCUT2D eigenvalue weighted by Gasteiger charge is 2.29. The van der Waals surface area contributed by atoms with E-state index in [2.05, 4.69) is 5.32 Å². The Labute approximate surface area is 167 Å². The summed E-state index contributed by atoms with van der Waals surface area (Å²) in [6, 6.07) is 10.7. The van der Waals surface area contributed by atoms with E-state index in [-0.39, 0.29) is 5.91 Å². The molecule has 0 aliphatic carbocycles. The summed E-state index contributed by atoms with van der Waals surface area (Å²) in [4.78, 5) is 12.4. The zero-order chi connectivity index (χ0) is 20.1. The van der Waals surface area contributed by atoms with E-state index >= 15 is 0 Å². The summed E-state index contributed by atoms with van der Waals surface area (Å²) in [6.45, 7) is 5.23. The second-order valence-corrected chi connectivity index (χ2v) is 9.43. The van der Waals surface area contributed by atoms with Crippen LogP contribution in [0.3, 0.4) is 0 Å². The van der Waals surface area contributed by atoms with Crippen LogP contribution in [0, 0.1) is 19.8 Å². The van der Waals surface area contributed by atoms with Gasteiger partial charge in [-0.2, -0.15) is 4.31 Å². The summed E-state index contributed by atoms with van der Waals surface area (Å²) in [5, 5.41) is 2.87. The number of hydrogen-bond acceptors (Lipinski definition) is 4. The van der Waals surface area contributed by atoms with E-state index in [1.807, 2.05) is 38.1 Å². The standard InChI is InChI=1S/C21H28N2O4S/c1-16-3-8-20(9-4-16)28(25,26)23-13-11-18(12-14-23)6-10-21(24)22-15-19-7-5-17(2)27-19/h3-5,7-9,18H,6,10-15H2,1-2H3,(H,22,24). The molecule has 152 valence electrons. The maximum atomic E-state index is 12.7. The molecule has 0 radical (unpaired) electrons. The van der Waals surface area contributed by atoms with Crippen LogP contribution in [0.5, 0.6) is 0 Å². The van der Waals surface area contributed by atoms with Crippen molar-refractivity contribution >= 4 is 15.9 Å². The summed E-state index contributed by atoms with van der Waals surface area (Å²) in [7, 11) is -3.43. The van der Waals surface area contributed by atoms with Crippen LogP contribution in [0.1, 0.15) is 42.8 Å². The lowest BCUT2D eigenvalue weighted by atomic mass is 9.93. The number of carbonyl (C=O) groups is 1. The van der Waals surface area contributed by atoms with E-state index in [1.54, 1.807) is 16.4 Å². The molecule has 1 saturated heterocycles. The van der Waals surface area contributed by atoms with Gasteiger partial charge in [-0.25, -0.2) is 8.42 Å². The number of amides is 1. The third-order valence-electron chi connectivity index (χ3n) is 5.27. The number of nitrogens with zero attached hydrogens (tertiary/aromatic N) is 1. The monoisotopic (exact) mass is 404 g/mol. The Morgan fingerprint density at radius 2 is 1.79 bits per heavy atom. The van der Waals surface area contributed by atoms with Gasteiger partial charge in [-0.1, -0.05) is 17.7 Å². The van der Waals surface area contributed by atoms with Crippen molar-refractivity contribution in [3.63, 3.8) is 0 Å². The molecule has 1 aromatic carbocycles. The molecule has 0 saturated carbocycles. The quantitative estimate of drug-likeness (QED) is 0.767. The SMILES string of the molecule is Cc1ccc(S(=O)(=O)N2CCC(CCC(=O)NCc3ccc(C)o3)CC2)cc1. The molecular formula is C21H28N2O4S. The van der Waals surface area contributed by atoms with Crippen LogP contribution in [-0.2, 0) is 21.4 Å². The molecule has 2 aromatic rings. The van der Waals surface area contributed by atoms with E-state index in [9.17, 15) is 13.2 Å². The molecule has 1 aliphatic heterocycles. The summed E-state index contributed by atoms with van der Waals surface area (Å²) < 4.78 is 32.5. The average molecular weight is 405 g/mol. The van der Waals surface area contributed by atoms with Gasteiger partial charge >= 0.3 is 0 Å². The maximum Gasteiger partial charge on any atom is 0.243 e. The lowest BCUT2D eigenvalue weighted by Gasteiger charge is -2.31. The minimum Gasteiger partial charge on any atom is -0.465 e. The van der Waals surface area contributed by atoms with Gasteiger partial charge in [0.05, 0.1) is 11.4 Å². The first kappa shape index (κ1) is 20.6. The summed E-state index contributed by atoms with van der Waals surface area (Å²) in [5.41, 5.74) is 1.04. The number of aryl methyl sites for hydroxylation is 2. The number of piperidine rings is 1. The lowest BCUT2D eigenvalue weighted by molar-refractivity contribution is -0.121. The molecule has 1 N–H and O–H groups in total. The number of nitrogens with one attached hydrogen (secondary N) is 1. The fourth-order valence-electron chi connectivity index (χ4n) is 3.49. The molecule has 1 fully saturated rings. The molecular weight excluding hydrogens is 376 g/mol. The average Bonchev–Trinajstić information content (AvgIpc) is 3.10. The zero-order valence-electron chi connectivity index (χ0n) is 16.5. The van der Waals surface area contributed by atoms with Crippen molar-refractivity contribution in [3.8, 4) is 0 Å². The van der Waals surface area contributed by atoms with Gasteiger partial charge in [-0.15, -0.1) is 0 Å². The fraction of sp³-hybridized carbons (Fsp3) is 0.476. The Morgan fingerprint density at radius 3 is 2.39 bits per heavy atom. The molecule has 3 rings (SSSR count). The minimum absolute atomic E-state index is 0.00348. The zero-order valence-corrected chi connectivity index (χ0v) is 17.3. The predicted octanol–water partition coefficient (Wildman–Crippen LogP) is 3.39. The molecule has 0 unspecified atom stereocenters. The molecule has 1 aliphatic rings. The van der Waals surface area contributed by atoms with Gasteiger partial charge in [0.2, 0.25) is 15.9 Å². The number of furan rings is 1. The van der Waals surface area contributed by atoms with E-state index in [4.69, 9.17) is 4.42 Å². The fourth-order valence-corrected chi connectivity index (χ4v) is 4.96. The van der Waals surface area contributed by atoms with Gasteiger partial charge in [0.1, 0.15) is 11.5 Å². The Balaban J connectivity index is 1.42. The summed E-state index contributed by atoms with van der Waals surface area (Å²) >= 11 is 0. The highest BCUT2D eigenvalue weighted by molar-refractivity contribution is 7.89. The van der Waals surface area contributed by atoms with Crippen molar-refractivity contribution < 1.29 is 17.6 Å². The van der Waals surface area contributed by atoms with Crippen molar-refractivity contribution in [2.75, 3.05) is 13.1 Å². The first-order chi connectivity index (χ1) is 13.3. The van der Waals surface area contributed by atoms with Crippen LogP contribution in [-0.4, -0.2) is 31.7 Å². The Morgan fingerprint density at radius 1 is 1.11 bits per heavy atom. The normalized spacial score (nSPS) is 16.2. The first-order valence-electron chi connectivity index (χ1n) is 9.73. The highest BCUT2D eigenvalue weighted by Crippen LogP contribution is 2.26. The van der Waals surface area contributed by atoms with Crippen LogP contribution in [0.25, 0.3) is 0 Å². The highest BCUT2D eigenvalue weighted by atomic mass is 32.2. The van der Waals surface area contributed by atoms with Crippen LogP contribution < -0.4 is 5.32 Å². The lowest BCUT2D eigenvalue weighted by Crippen LogP contribution is -2.38. The van der Waals surface area contributed by atoms with Crippen LogP contribution in [0.4, 0.5) is 0 Å². The molecule has 2 heterocycles. The molecule has 0 atom stereocenters. The molecule has 6 nitrogen and oxygen atoms in total. The third kappa shape index (κ3) is 5.23. The second kappa shape index (κ2) is 8.92. The number of sulfonamides is 1. The first-order valence-corrected chi connectivity index (χ1v) is 11.2. The maximum absolute atomic E-state index is 12.7. The van der Waals surface area contributed by atoms with Crippen molar-refractivity contribution in [2.45, 2.75) is 51.0 Å². The van der Waals surface area contributed by atoms with Gasteiger partial charge in [0.25, 0.3) is 0 Å². The molecule has 1 aromatic heterocycles. The van der Waals surface area contributed by atoms with Gasteiger partial charge in [0, 0.05) is 19.5 Å². The predicted molar refractivity (Wildman–Crippen MR) is 107 cm³/mol. The summed E-state index contributed by atoms with van der Waals surface area (Å²) in [5.74, 6) is 1.96. The Bertz CT molecular complexity index is 895. The van der Waals surface area contributed by atoms with Crippen molar-refractivity contribution in [1.29, 1.82) is 0 Å². The van der Waals surface area contributed by atoms with Crippen molar-refractivity contribution in [1.82, 2.24) is 9.62 Å². The number of benzene rings is 1. The van der Waals surface area contributed by atoms with Crippen LogP contribution in [0.2, 0.25) is 0 Å². The molecule has 0 spiro atoms. The Hall–Kier alpha value is -2.12. The van der Waals surface area contributed by atoms with Crippen molar-refractivity contribution in [2.24, 2.45) is 5.92 Å². The van der Waals surface area contributed by atoms with E-state index in [1.165, 1.54) is 0 Å². The minimum atomic E-state index is -3.43. The molecule has 28 heavy (non-hydrogen) atoms. The van der Waals surface area contributed by atoms with E-state index < -0.39 is 10.0 Å². The van der Waals surface area contributed by atoms with Gasteiger partial charge in [-0.3, -0.25) is 4.79 Å².